The topological polar surface area (TPSA) is 32.7 Å². The van der Waals surface area contributed by atoms with Crippen molar-refractivity contribution in [1.29, 1.82) is 0 Å². The number of aliphatic hydroxyl groups excluding tert-OH is 1. The molecule has 1 aromatic heterocycles. The highest BCUT2D eigenvalue weighted by Gasteiger charge is 2.31. The maximum atomic E-state index is 9.55. The van der Waals surface area contributed by atoms with E-state index in [2.05, 4.69) is 44.0 Å². The molecule has 0 aliphatic heterocycles. The number of anilines is 1. The molecular formula is C28H43NO2S. The van der Waals surface area contributed by atoms with Gasteiger partial charge >= 0.3 is 0 Å². The van der Waals surface area contributed by atoms with Crippen LogP contribution in [0.25, 0.3) is 11.3 Å². The Hall–Kier alpha value is -1.52. The Kier molecular flexibility index (Phi) is 9.48. The Morgan fingerprint density at radius 1 is 1.25 bits per heavy atom. The number of ether oxygens (including phenoxy) is 1. The van der Waals surface area contributed by atoms with Gasteiger partial charge in [-0.15, -0.1) is 11.3 Å². The summed E-state index contributed by atoms with van der Waals surface area (Å²) in [5, 5.41) is 9.55. The molecule has 1 fully saturated rings. The minimum absolute atomic E-state index is 0.233. The molecule has 3 rings (SSSR count). The van der Waals surface area contributed by atoms with E-state index in [0.29, 0.717) is 12.0 Å². The molecule has 1 heterocycles. The van der Waals surface area contributed by atoms with Gasteiger partial charge in [-0.05, 0) is 81.3 Å². The van der Waals surface area contributed by atoms with Gasteiger partial charge in [-0.25, -0.2) is 0 Å². The average Bonchev–Trinajstić information content (AvgIpc) is 3.26. The third-order valence-corrected chi connectivity index (χ3v) is 8.65. The summed E-state index contributed by atoms with van der Waals surface area (Å²) in [6.45, 7) is 13.8. The molecule has 4 heteroatoms. The van der Waals surface area contributed by atoms with Gasteiger partial charge in [-0.1, -0.05) is 45.9 Å². The molecule has 3 nitrogen and oxygen atoms in total. The first-order chi connectivity index (χ1) is 15.5. The van der Waals surface area contributed by atoms with Crippen LogP contribution in [0.1, 0.15) is 94.2 Å². The number of aliphatic hydroxyl groups is 1. The number of hydrogen-bond acceptors (Lipinski definition) is 4. The quantitative estimate of drug-likeness (QED) is 0.341. The molecule has 0 spiro atoms. The van der Waals surface area contributed by atoms with E-state index in [1.165, 1.54) is 66.8 Å². The van der Waals surface area contributed by atoms with Crippen molar-refractivity contribution in [2.45, 2.75) is 90.5 Å². The summed E-state index contributed by atoms with van der Waals surface area (Å²) >= 11 is 1.82. The molecule has 1 saturated carbocycles. The fourth-order valence-electron chi connectivity index (χ4n) is 5.29. The number of methoxy groups -OCH3 is 1. The van der Waals surface area contributed by atoms with Gasteiger partial charge in [0.1, 0.15) is 5.76 Å². The minimum atomic E-state index is 0.233. The Bertz CT molecular complexity index is 800. The highest BCUT2D eigenvalue weighted by molar-refractivity contribution is 7.14. The van der Waals surface area contributed by atoms with Crippen molar-refractivity contribution in [3.8, 4) is 0 Å². The number of nitrogens with zero attached hydrogens (tertiary/aromatic N) is 1. The summed E-state index contributed by atoms with van der Waals surface area (Å²) in [7, 11) is 1.72. The first-order valence-electron chi connectivity index (χ1n) is 12.6. The van der Waals surface area contributed by atoms with Gasteiger partial charge < -0.3 is 14.7 Å². The highest BCUT2D eigenvalue weighted by Crippen LogP contribution is 2.45. The van der Waals surface area contributed by atoms with Crippen molar-refractivity contribution in [2.24, 2.45) is 11.8 Å². The number of thiophene rings is 1. The highest BCUT2D eigenvalue weighted by atomic mass is 32.1. The molecule has 0 radical (unpaired) electrons. The third kappa shape index (κ3) is 5.88. The second kappa shape index (κ2) is 12.1. The molecule has 0 aromatic carbocycles. The zero-order valence-electron chi connectivity index (χ0n) is 20.5. The fraction of sp³-hybridized carbons (Fsp3) is 0.643. The van der Waals surface area contributed by atoms with Crippen LogP contribution in [0.3, 0.4) is 0 Å². The fourth-order valence-corrected chi connectivity index (χ4v) is 6.46. The molecule has 1 unspecified atom stereocenters. The van der Waals surface area contributed by atoms with Crippen LogP contribution in [-0.4, -0.2) is 24.9 Å². The average molecular weight is 458 g/mol. The summed E-state index contributed by atoms with van der Waals surface area (Å²) in [6, 6.07) is 2.69. The van der Waals surface area contributed by atoms with E-state index < -0.39 is 0 Å². The zero-order valence-corrected chi connectivity index (χ0v) is 21.3. The van der Waals surface area contributed by atoms with Gasteiger partial charge in [0.2, 0.25) is 0 Å². The Morgan fingerprint density at radius 2 is 2.00 bits per heavy atom. The SMILES string of the molecule is C=C(OC)c1sc(C2=CCCCC2)cc1N(C(=C)C1CCC(C)CC1)C(CC)CCCO. The van der Waals surface area contributed by atoms with Crippen molar-refractivity contribution < 1.29 is 9.84 Å². The first-order valence-corrected chi connectivity index (χ1v) is 13.5. The lowest BCUT2D eigenvalue weighted by Crippen LogP contribution is -2.38. The molecule has 0 bridgehead atoms. The smallest absolute Gasteiger partial charge is 0.131 e. The minimum Gasteiger partial charge on any atom is -0.496 e. The summed E-state index contributed by atoms with van der Waals surface area (Å²) in [4.78, 5) is 4.99. The van der Waals surface area contributed by atoms with Gasteiger partial charge in [0.15, 0.2) is 0 Å². The monoisotopic (exact) mass is 457 g/mol. The van der Waals surface area contributed by atoms with Crippen LogP contribution in [-0.2, 0) is 4.74 Å². The molecule has 0 saturated heterocycles. The molecule has 32 heavy (non-hydrogen) atoms. The van der Waals surface area contributed by atoms with Gasteiger partial charge in [-0.2, -0.15) is 0 Å². The summed E-state index contributed by atoms with van der Waals surface area (Å²) in [5.41, 5.74) is 3.92. The van der Waals surface area contributed by atoms with E-state index in [4.69, 9.17) is 4.74 Å². The lowest BCUT2D eigenvalue weighted by Gasteiger charge is -2.40. The van der Waals surface area contributed by atoms with Crippen LogP contribution in [0.2, 0.25) is 0 Å². The molecular weight excluding hydrogens is 414 g/mol. The van der Waals surface area contributed by atoms with Crippen LogP contribution in [0.5, 0.6) is 0 Å². The van der Waals surface area contributed by atoms with E-state index in [1.807, 2.05) is 11.3 Å². The van der Waals surface area contributed by atoms with Crippen LogP contribution in [0, 0.1) is 11.8 Å². The molecule has 1 N–H and O–H groups in total. The summed E-state index contributed by atoms with van der Waals surface area (Å²) < 4.78 is 5.66. The Balaban J connectivity index is 2.03. The van der Waals surface area contributed by atoms with E-state index in [1.54, 1.807) is 7.11 Å². The maximum absolute atomic E-state index is 9.55. The van der Waals surface area contributed by atoms with Crippen molar-refractivity contribution in [1.82, 2.24) is 0 Å². The largest absolute Gasteiger partial charge is 0.496 e. The predicted molar refractivity (Wildman–Crippen MR) is 140 cm³/mol. The maximum Gasteiger partial charge on any atom is 0.131 e. The Labute approximate surface area is 199 Å². The van der Waals surface area contributed by atoms with Gasteiger partial charge in [0.05, 0.1) is 17.7 Å². The molecule has 2 aliphatic carbocycles. The van der Waals surface area contributed by atoms with Crippen molar-refractivity contribution >= 4 is 28.4 Å². The number of hydrogen-bond donors (Lipinski definition) is 1. The van der Waals surface area contributed by atoms with Crippen LogP contribution < -0.4 is 4.90 Å². The lowest BCUT2D eigenvalue weighted by molar-refractivity contribution is 0.276. The zero-order chi connectivity index (χ0) is 23.1. The molecule has 1 atom stereocenters. The van der Waals surface area contributed by atoms with Gasteiger partial charge in [0, 0.05) is 23.2 Å². The first kappa shape index (κ1) is 25.1. The van der Waals surface area contributed by atoms with Crippen molar-refractivity contribution in [3.63, 3.8) is 0 Å². The van der Waals surface area contributed by atoms with Crippen molar-refractivity contribution in [3.05, 3.63) is 40.8 Å². The van der Waals surface area contributed by atoms with Crippen molar-refractivity contribution in [2.75, 3.05) is 18.6 Å². The second-order valence-electron chi connectivity index (χ2n) is 9.67. The third-order valence-electron chi connectivity index (χ3n) is 7.41. The Morgan fingerprint density at radius 3 is 2.59 bits per heavy atom. The standard InChI is InChI=1S/C28H43NO2S/c1-6-25(13-10-18-30)29(21(3)23-16-14-20(2)15-17-23)26-19-27(24-11-8-7-9-12-24)32-28(26)22(4)31-5/h11,19-20,23,25,30H,3-4,6-10,12-18H2,1-2,5H3. The molecule has 0 amide bonds. The van der Waals surface area contributed by atoms with Crippen LogP contribution in [0.15, 0.2) is 31.0 Å². The predicted octanol–water partition coefficient (Wildman–Crippen LogP) is 8.02. The van der Waals surface area contributed by atoms with E-state index >= 15 is 0 Å². The van der Waals surface area contributed by atoms with Crippen LogP contribution >= 0.6 is 11.3 Å². The van der Waals surface area contributed by atoms with E-state index in [0.717, 1.165) is 42.2 Å². The molecule has 2 aliphatic rings. The van der Waals surface area contributed by atoms with Crippen LogP contribution in [0.4, 0.5) is 5.69 Å². The molecule has 178 valence electrons. The normalized spacial score (nSPS) is 22.2. The summed E-state index contributed by atoms with van der Waals surface area (Å²) in [5.74, 6) is 2.08. The van der Waals surface area contributed by atoms with E-state index in [9.17, 15) is 5.11 Å². The van der Waals surface area contributed by atoms with Gasteiger partial charge in [-0.3, -0.25) is 0 Å². The lowest BCUT2D eigenvalue weighted by atomic mass is 9.81. The number of allylic oxidation sites excluding steroid dienone is 3. The number of rotatable bonds is 11. The summed E-state index contributed by atoms with van der Waals surface area (Å²) in [6.07, 6.45) is 15.1. The van der Waals surface area contributed by atoms with Gasteiger partial charge in [0.25, 0.3) is 0 Å². The van der Waals surface area contributed by atoms with E-state index in [-0.39, 0.29) is 6.61 Å². The second-order valence-corrected chi connectivity index (χ2v) is 10.7. The molecule has 1 aromatic rings.